The second kappa shape index (κ2) is 9.17. The third-order valence-corrected chi connectivity index (χ3v) is 5.51. The molecule has 3 aromatic heterocycles. The second-order valence-electron chi connectivity index (χ2n) is 7.85. The van der Waals surface area contributed by atoms with Crippen LogP contribution in [0.2, 0.25) is 0 Å². The van der Waals surface area contributed by atoms with E-state index in [-0.39, 0.29) is 12.2 Å². The van der Waals surface area contributed by atoms with Crippen LogP contribution < -0.4 is 5.32 Å². The van der Waals surface area contributed by atoms with Crippen molar-refractivity contribution in [3.05, 3.63) is 88.3 Å². The SMILES string of the molecule is Cc1cc(C(=O)NCc2noc(-c3c4ccccc4nn3CCn3ccnc3)n2)ccc1[N+](=O)[O-]. The van der Waals surface area contributed by atoms with Crippen LogP contribution in [0.25, 0.3) is 22.5 Å². The van der Waals surface area contributed by atoms with E-state index in [0.29, 0.717) is 41.6 Å². The normalized spacial score (nSPS) is 11.1. The first kappa shape index (κ1) is 21.9. The molecule has 0 radical (unpaired) electrons. The highest BCUT2D eigenvalue weighted by atomic mass is 16.6. The molecule has 0 saturated heterocycles. The van der Waals surface area contributed by atoms with Crippen molar-refractivity contribution < 1.29 is 14.2 Å². The van der Waals surface area contributed by atoms with Gasteiger partial charge in [-0.2, -0.15) is 10.1 Å². The minimum atomic E-state index is -0.484. The van der Waals surface area contributed by atoms with Crippen molar-refractivity contribution >= 4 is 22.5 Å². The predicted molar refractivity (Wildman–Crippen MR) is 124 cm³/mol. The molecule has 0 bridgehead atoms. The molecule has 35 heavy (non-hydrogen) atoms. The van der Waals surface area contributed by atoms with Gasteiger partial charge in [-0.1, -0.05) is 23.4 Å². The Bertz CT molecular complexity index is 1520. The Hall–Kier alpha value is -4.87. The first-order valence-electron chi connectivity index (χ1n) is 10.8. The number of fused-ring (bicyclic) bond motifs is 1. The highest BCUT2D eigenvalue weighted by molar-refractivity contribution is 5.94. The molecule has 0 fully saturated rings. The van der Waals surface area contributed by atoms with Crippen LogP contribution in [0.4, 0.5) is 5.69 Å². The van der Waals surface area contributed by atoms with Crippen molar-refractivity contribution in [3.8, 4) is 11.6 Å². The number of nitrogens with zero attached hydrogens (tertiary/aromatic N) is 7. The molecule has 5 rings (SSSR count). The Morgan fingerprint density at radius 2 is 2.06 bits per heavy atom. The summed E-state index contributed by atoms with van der Waals surface area (Å²) in [5.74, 6) is 0.184. The summed E-state index contributed by atoms with van der Waals surface area (Å²) in [4.78, 5) is 31.6. The predicted octanol–water partition coefficient (Wildman–Crippen LogP) is 3.13. The van der Waals surface area contributed by atoms with Crippen molar-refractivity contribution in [2.24, 2.45) is 0 Å². The molecule has 1 amide bonds. The second-order valence-corrected chi connectivity index (χ2v) is 7.85. The van der Waals surface area contributed by atoms with E-state index < -0.39 is 10.8 Å². The Morgan fingerprint density at radius 1 is 1.20 bits per heavy atom. The summed E-state index contributed by atoms with van der Waals surface area (Å²) in [7, 11) is 0. The molecule has 12 heteroatoms. The summed E-state index contributed by atoms with van der Waals surface area (Å²) in [5, 5.41) is 23.3. The Kier molecular flexibility index (Phi) is 5.75. The summed E-state index contributed by atoms with van der Waals surface area (Å²) < 4.78 is 9.30. The van der Waals surface area contributed by atoms with Gasteiger partial charge in [0.15, 0.2) is 5.82 Å². The zero-order valence-corrected chi connectivity index (χ0v) is 18.7. The van der Waals surface area contributed by atoms with E-state index in [1.54, 1.807) is 19.4 Å². The fourth-order valence-corrected chi connectivity index (χ4v) is 3.78. The molecule has 176 valence electrons. The number of nitro benzene ring substituents is 1. The Labute approximate surface area is 198 Å². The van der Waals surface area contributed by atoms with Gasteiger partial charge in [0.25, 0.3) is 17.5 Å². The molecule has 2 aromatic carbocycles. The van der Waals surface area contributed by atoms with E-state index >= 15 is 0 Å². The van der Waals surface area contributed by atoms with Crippen LogP contribution in [-0.4, -0.2) is 40.3 Å². The molecule has 0 aliphatic rings. The summed E-state index contributed by atoms with van der Waals surface area (Å²) >= 11 is 0. The molecule has 12 nitrogen and oxygen atoms in total. The van der Waals surface area contributed by atoms with Gasteiger partial charge in [0, 0.05) is 41.5 Å². The Morgan fingerprint density at radius 3 is 2.83 bits per heavy atom. The largest absolute Gasteiger partial charge is 0.345 e. The average Bonchev–Trinajstić information content (AvgIpc) is 3.60. The fraction of sp³-hybridized carbons (Fsp3) is 0.174. The highest BCUT2D eigenvalue weighted by Crippen LogP contribution is 2.27. The molecular weight excluding hydrogens is 452 g/mol. The summed E-state index contributed by atoms with van der Waals surface area (Å²) in [6, 6.07) is 11.9. The molecule has 0 atom stereocenters. The number of aromatic nitrogens is 6. The lowest BCUT2D eigenvalue weighted by molar-refractivity contribution is -0.385. The Balaban J connectivity index is 1.34. The third kappa shape index (κ3) is 4.49. The first-order chi connectivity index (χ1) is 17.0. The van der Waals surface area contributed by atoms with Crippen LogP contribution in [0.1, 0.15) is 21.7 Å². The zero-order chi connectivity index (χ0) is 24.4. The molecule has 1 N–H and O–H groups in total. The standard InChI is InChI=1S/C23H20N8O4/c1-15-12-16(6-7-19(15)31(33)34)22(32)25-13-20-26-23(35-28-20)21-17-4-2-3-5-18(17)27-30(21)11-10-29-9-8-24-14-29/h2-9,12,14H,10-11,13H2,1H3,(H,25,32). The lowest BCUT2D eigenvalue weighted by Crippen LogP contribution is -2.23. The van der Waals surface area contributed by atoms with Crippen molar-refractivity contribution in [2.75, 3.05) is 0 Å². The maximum atomic E-state index is 12.5. The van der Waals surface area contributed by atoms with Gasteiger partial charge in [-0.3, -0.25) is 19.6 Å². The average molecular weight is 472 g/mol. The number of hydrogen-bond acceptors (Lipinski definition) is 8. The van der Waals surface area contributed by atoms with E-state index in [0.717, 1.165) is 10.9 Å². The summed E-state index contributed by atoms with van der Waals surface area (Å²) in [6.45, 7) is 2.83. The lowest BCUT2D eigenvalue weighted by atomic mass is 10.1. The van der Waals surface area contributed by atoms with Crippen LogP contribution in [-0.2, 0) is 19.6 Å². The lowest BCUT2D eigenvalue weighted by Gasteiger charge is -2.05. The van der Waals surface area contributed by atoms with Crippen LogP contribution in [0, 0.1) is 17.0 Å². The van der Waals surface area contributed by atoms with Gasteiger partial charge in [-0.25, -0.2) is 4.98 Å². The maximum Gasteiger partial charge on any atom is 0.276 e. The molecule has 5 aromatic rings. The number of amides is 1. The molecule has 0 spiro atoms. The topological polar surface area (TPSA) is 147 Å². The van der Waals surface area contributed by atoms with E-state index in [2.05, 4.69) is 25.5 Å². The van der Waals surface area contributed by atoms with Crippen molar-refractivity contribution in [3.63, 3.8) is 0 Å². The van der Waals surface area contributed by atoms with Crippen LogP contribution in [0.3, 0.4) is 0 Å². The molecular formula is C23H20N8O4. The van der Waals surface area contributed by atoms with Gasteiger partial charge in [0.05, 0.1) is 29.9 Å². The zero-order valence-electron chi connectivity index (χ0n) is 18.7. The van der Waals surface area contributed by atoms with Gasteiger partial charge >= 0.3 is 0 Å². The smallest absolute Gasteiger partial charge is 0.276 e. The molecule has 0 unspecified atom stereocenters. The monoisotopic (exact) mass is 472 g/mol. The fourth-order valence-electron chi connectivity index (χ4n) is 3.78. The number of carbonyl (C=O) groups excluding carboxylic acids is 1. The van der Waals surface area contributed by atoms with Crippen molar-refractivity contribution in [1.29, 1.82) is 0 Å². The van der Waals surface area contributed by atoms with E-state index in [4.69, 9.17) is 4.52 Å². The van der Waals surface area contributed by atoms with E-state index in [1.165, 1.54) is 18.2 Å². The number of benzene rings is 2. The van der Waals surface area contributed by atoms with Crippen molar-refractivity contribution in [1.82, 2.24) is 34.8 Å². The first-order valence-corrected chi connectivity index (χ1v) is 10.8. The highest BCUT2D eigenvalue weighted by Gasteiger charge is 2.20. The van der Waals surface area contributed by atoms with E-state index in [1.807, 2.05) is 39.7 Å². The minimum Gasteiger partial charge on any atom is -0.345 e. The number of imidazole rings is 1. The number of carbonyl (C=O) groups is 1. The van der Waals surface area contributed by atoms with Crippen molar-refractivity contribution in [2.45, 2.75) is 26.6 Å². The van der Waals surface area contributed by atoms with Gasteiger partial charge in [-0.05, 0) is 25.1 Å². The van der Waals surface area contributed by atoms with Gasteiger partial charge in [0.1, 0.15) is 5.69 Å². The molecule has 0 aliphatic heterocycles. The van der Waals surface area contributed by atoms with Crippen LogP contribution in [0.15, 0.2) is 65.7 Å². The maximum absolute atomic E-state index is 12.5. The third-order valence-electron chi connectivity index (χ3n) is 5.51. The van der Waals surface area contributed by atoms with Gasteiger partial charge in [0.2, 0.25) is 0 Å². The van der Waals surface area contributed by atoms with Gasteiger partial charge < -0.3 is 14.4 Å². The van der Waals surface area contributed by atoms with E-state index in [9.17, 15) is 14.9 Å². The number of nitro groups is 1. The van der Waals surface area contributed by atoms with Crippen LogP contribution >= 0.6 is 0 Å². The molecule has 3 heterocycles. The minimum absolute atomic E-state index is 0.0273. The number of hydrogen-bond donors (Lipinski definition) is 1. The number of aryl methyl sites for hydroxylation is 3. The van der Waals surface area contributed by atoms with Gasteiger partial charge in [-0.15, -0.1) is 0 Å². The van der Waals surface area contributed by atoms with Crippen LogP contribution in [0.5, 0.6) is 0 Å². The quantitative estimate of drug-likeness (QED) is 0.268. The summed E-state index contributed by atoms with van der Waals surface area (Å²) in [5.41, 5.74) is 2.16. The molecule has 0 saturated carbocycles. The summed E-state index contributed by atoms with van der Waals surface area (Å²) in [6.07, 6.45) is 5.34. The molecule has 0 aliphatic carbocycles. The number of nitrogens with one attached hydrogen (secondary N) is 1. The number of rotatable bonds is 8.